The largest absolute Gasteiger partial charge is 0.390 e. The highest BCUT2D eigenvalue weighted by Gasteiger charge is 2.12. The van der Waals surface area contributed by atoms with Gasteiger partial charge in [-0.2, -0.15) is 0 Å². The number of benzene rings is 1. The van der Waals surface area contributed by atoms with Crippen molar-refractivity contribution in [2.24, 2.45) is 0 Å². The van der Waals surface area contributed by atoms with Crippen LogP contribution >= 0.6 is 0 Å². The Bertz CT molecular complexity index is 616. The summed E-state index contributed by atoms with van der Waals surface area (Å²) in [4.78, 5) is 0. The van der Waals surface area contributed by atoms with Crippen LogP contribution in [0.3, 0.4) is 0 Å². The van der Waals surface area contributed by atoms with Crippen molar-refractivity contribution in [3.05, 3.63) is 35.4 Å². The molecule has 0 amide bonds. The van der Waals surface area contributed by atoms with Crippen LogP contribution in [0.5, 0.6) is 0 Å². The number of rotatable bonds is 8. The van der Waals surface area contributed by atoms with Crippen molar-refractivity contribution in [2.75, 3.05) is 17.6 Å². The van der Waals surface area contributed by atoms with Gasteiger partial charge in [0.25, 0.3) is 0 Å². The maximum atomic E-state index is 11.3. The average Bonchev–Trinajstić information content (AvgIpc) is 2.34. The summed E-state index contributed by atoms with van der Waals surface area (Å²) in [7, 11) is -3.31. The topological polar surface area (TPSA) is 75.6 Å². The van der Waals surface area contributed by atoms with Gasteiger partial charge in [0.1, 0.15) is 0 Å². The standard InChI is InChI=1S/C16H25NO4S/c1-5-6-13-7-8-15(17-22(4,19)20)11-14(13)12-21-10-9-16(2,3)18/h5-8,11,17-18H,9-10,12H2,1-4H3. The summed E-state index contributed by atoms with van der Waals surface area (Å²) in [5.41, 5.74) is 1.62. The van der Waals surface area contributed by atoms with Gasteiger partial charge in [0, 0.05) is 12.3 Å². The fourth-order valence-corrected chi connectivity index (χ4v) is 2.41. The molecule has 0 aliphatic heterocycles. The molecular weight excluding hydrogens is 302 g/mol. The van der Waals surface area contributed by atoms with E-state index in [1.54, 1.807) is 26.0 Å². The summed E-state index contributed by atoms with van der Waals surface area (Å²) in [5.74, 6) is 0. The van der Waals surface area contributed by atoms with E-state index in [1.807, 2.05) is 25.1 Å². The van der Waals surface area contributed by atoms with E-state index in [1.165, 1.54) is 0 Å². The van der Waals surface area contributed by atoms with Crippen LogP contribution in [0.1, 0.15) is 38.3 Å². The quantitative estimate of drug-likeness (QED) is 0.720. The van der Waals surface area contributed by atoms with Crippen molar-refractivity contribution in [3.63, 3.8) is 0 Å². The third-order valence-corrected chi connectivity index (χ3v) is 3.51. The van der Waals surface area contributed by atoms with Crippen molar-refractivity contribution in [1.82, 2.24) is 0 Å². The van der Waals surface area contributed by atoms with E-state index in [2.05, 4.69) is 4.72 Å². The maximum absolute atomic E-state index is 11.3. The van der Waals surface area contributed by atoms with Gasteiger partial charge < -0.3 is 9.84 Å². The first-order valence-corrected chi connectivity index (χ1v) is 9.03. The Labute approximate surface area is 133 Å². The molecule has 0 aliphatic carbocycles. The molecule has 0 saturated heterocycles. The number of hydrogen-bond donors (Lipinski definition) is 2. The molecule has 2 N–H and O–H groups in total. The van der Waals surface area contributed by atoms with Gasteiger partial charge in [0.2, 0.25) is 10.0 Å². The first kappa shape index (κ1) is 18.7. The lowest BCUT2D eigenvalue weighted by molar-refractivity contribution is 0.0237. The molecule has 1 aromatic carbocycles. The van der Waals surface area contributed by atoms with Crippen molar-refractivity contribution in [3.8, 4) is 0 Å². The molecular formula is C16H25NO4S. The minimum Gasteiger partial charge on any atom is -0.390 e. The van der Waals surface area contributed by atoms with Gasteiger partial charge in [-0.05, 0) is 50.5 Å². The number of ether oxygens (including phenoxy) is 1. The summed E-state index contributed by atoms with van der Waals surface area (Å²) in [6.07, 6.45) is 5.51. The summed E-state index contributed by atoms with van der Waals surface area (Å²) in [6.45, 7) is 6.18. The van der Waals surface area contributed by atoms with E-state index in [-0.39, 0.29) is 0 Å². The molecule has 0 atom stereocenters. The predicted molar refractivity (Wildman–Crippen MR) is 90.2 cm³/mol. The van der Waals surface area contributed by atoms with Gasteiger partial charge in [-0.3, -0.25) is 4.72 Å². The minimum atomic E-state index is -3.31. The van der Waals surface area contributed by atoms with Crippen molar-refractivity contribution in [2.45, 2.75) is 39.4 Å². The smallest absolute Gasteiger partial charge is 0.229 e. The number of anilines is 1. The van der Waals surface area contributed by atoms with Crippen LogP contribution in [-0.4, -0.2) is 32.0 Å². The molecule has 0 aliphatic rings. The molecule has 0 heterocycles. The second kappa shape index (κ2) is 7.76. The van der Waals surface area contributed by atoms with E-state index >= 15 is 0 Å². The minimum absolute atomic E-state index is 0.356. The number of hydrogen-bond acceptors (Lipinski definition) is 4. The van der Waals surface area contributed by atoms with Crippen LogP contribution in [0.15, 0.2) is 24.3 Å². The summed E-state index contributed by atoms with van der Waals surface area (Å²) in [6, 6.07) is 5.33. The molecule has 0 spiro atoms. The average molecular weight is 327 g/mol. The molecule has 5 nitrogen and oxygen atoms in total. The summed E-state index contributed by atoms with van der Waals surface area (Å²) in [5, 5.41) is 9.66. The van der Waals surface area contributed by atoms with Crippen molar-refractivity contribution >= 4 is 21.8 Å². The Hall–Kier alpha value is -1.37. The molecule has 0 aromatic heterocycles. The van der Waals surface area contributed by atoms with Gasteiger partial charge in [0.15, 0.2) is 0 Å². The molecule has 0 fully saturated rings. The van der Waals surface area contributed by atoms with E-state index in [4.69, 9.17) is 4.74 Å². The van der Waals surface area contributed by atoms with Crippen molar-refractivity contribution < 1.29 is 18.3 Å². The Morgan fingerprint density at radius 3 is 2.59 bits per heavy atom. The highest BCUT2D eigenvalue weighted by atomic mass is 32.2. The number of allylic oxidation sites excluding steroid dienone is 1. The maximum Gasteiger partial charge on any atom is 0.229 e. The third kappa shape index (κ3) is 7.59. The molecule has 0 bridgehead atoms. The Morgan fingerprint density at radius 2 is 2.05 bits per heavy atom. The van der Waals surface area contributed by atoms with Gasteiger partial charge in [-0.15, -0.1) is 0 Å². The van der Waals surface area contributed by atoms with Gasteiger partial charge in [0.05, 0.1) is 18.5 Å². The first-order valence-electron chi connectivity index (χ1n) is 7.14. The third-order valence-electron chi connectivity index (χ3n) is 2.91. The molecule has 0 unspecified atom stereocenters. The fraction of sp³-hybridized carbons (Fsp3) is 0.500. The van der Waals surface area contributed by atoms with Crippen LogP contribution in [0.4, 0.5) is 5.69 Å². The predicted octanol–water partition coefficient (Wildman–Crippen LogP) is 2.77. The van der Waals surface area contributed by atoms with Gasteiger partial charge in [-0.25, -0.2) is 8.42 Å². The number of nitrogens with one attached hydrogen (secondary N) is 1. The van der Waals surface area contributed by atoms with Crippen LogP contribution < -0.4 is 4.72 Å². The van der Waals surface area contributed by atoms with Crippen LogP contribution in [0, 0.1) is 0 Å². The molecule has 0 radical (unpaired) electrons. The zero-order valence-electron chi connectivity index (χ0n) is 13.6. The van der Waals surface area contributed by atoms with Crippen LogP contribution in [-0.2, 0) is 21.4 Å². The normalized spacial score (nSPS) is 12.8. The zero-order valence-corrected chi connectivity index (χ0v) is 14.4. The van der Waals surface area contributed by atoms with E-state index in [0.29, 0.717) is 25.3 Å². The second-order valence-electron chi connectivity index (χ2n) is 5.90. The number of aliphatic hydroxyl groups is 1. The monoisotopic (exact) mass is 327 g/mol. The molecule has 6 heteroatoms. The van der Waals surface area contributed by atoms with Crippen LogP contribution in [0.25, 0.3) is 6.08 Å². The zero-order chi connectivity index (χ0) is 16.8. The van der Waals surface area contributed by atoms with E-state index in [9.17, 15) is 13.5 Å². The highest BCUT2D eigenvalue weighted by molar-refractivity contribution is 7.92. The molecule has 1 rings (SSSR count). The first-order chi connectivity index (χ1) is 10.1. The summed E-state index contributed by atoms with van der Waals surface area (Å²) < 4.78 is 30.7. The van der Waals surface area contributed by atoms with Crippen LogP contribution in [0.2, 0.25) is 0 Å². The highest BCUT2D eigenvalue weighted by Crippen LogP contribution is 2.20. The Kier molecular flexibility index (Phi) is 6.59. The van der Waals surface area contributed by atoms with E-state index in [0.717, 1.165) is 17.4 Å². The van der Waals surface area contributed by atoms with Gasteiger partial charge >= 0.3 is 0 Å². The lowest BCUT2D eigenvalue weighted by atomic mass is 10.1. The number of sulfonamides is 1. The SMILES string of the molecule is CC=Cc1ccc(NS(C)(=O)=O)cc1COCCC(C)(C)O. The van der Waals surface area contributed by atoms with Gasteiger partial charge in [-0.1, -0.05) is 18.2 Å². The molecule has 22 heavy (non-hydrogen) atoms. The fourth-order valence-electron chi connectivity index (χ4n) is 1.85. The molecule has 0 saturated carbocycles. The second-order valence-corrected chi connectivity index (χ2v) is 7.65. The Morgan fingerprint density at radius 1 is 1.36 bits per heavy atom. The van der Waals surface area contributed by atoms with E-state index < -0.39 is 15.6 Å². The lowest BCUT2D eigenvalue weighted by Gasteiger charge is -2.17. The summed E-state index contributed by atoms with van der Waals surface area (Å²) >= 11 is 0. The molecule has 124 valence electrons. The lowest BCUT2D eigenvalue weighted by Crippen LogP contribution is -2.20. The molecule has 1 aromatic rings. The Balaban J connectivity index is 2.82. The van der Waals surface area contributed by atoms with Crippen molar-refractivity contribution in [1.29, 1.82) is 0 Å².